The van der Waals surface area contributed by atoms with Gasteiger partial charge in [-0.25, -0.2) is 0 Å². The summed E-state index contributed by atoms with van der Waals surface area (Å²) in [4.78, 5) is 26.1. The Morgan fingerprint density at radius 1 is 0.846 bits per heavy atom. The fourth-order valence-electron chi connectivity index (χ4n) is 0. The minimum atomic E-state index is -2.19. The molecule has 0 aliphatic heterocycles. The van der Waals surface area contributed by atoms with Crippen LogP contribution in [0, 0.1) is 15.3 Å². The predicted molar refractivity (Wildman–Crippen MR) is 20.4 cm³/mol. The van der Waals surface area contributed by atoms with E-state index in [2.05, 4.69) is 0 Å². The van der Waals surface area contributed by atoms with E-state index in [1.165, 1.54) is 0 Å². The maximum atomic E-state index is 8.93. The standard InChI is InChI=1S/C2H2O4.3Cs.NO3/c3-1(4)2(5)6;;;;2-1(3)4/h(H,3,4)(H,5,6);;;;/q;3*+1;-1/p-2. The Morgan fingerprint density at radius 3 is 0.923 bits per heavy atom. The molecular weight excluding hydrogens is 549 g/mol. The number of carbonyl (C=O) groups is 2. The van der Waals surface area contributed by atoms with Crippen LogP contribution in [0.3, 0.4) is 0 Å². The summed E-state index contributed by atoms with van der Waals surface area (Å²) >= 11 is 0. The van der Waals surface area contributed by atoms with E-state index in [-0.39, 0.29) is 207 Å². The van der Waals surface area contributed by atoms with Gasteiger partial charge in [0.2, 0.25) is 0 Å². The zero-order chi connectivity index (χ0) is 8.73. The Labute approximate surface area is 249 Å². The molecule has 0 bridgehead atoms. The van der Waals surface area contributed by atoms with Gasteiger partial charge in [-0.15, -0.1) is 0 Å². The number of carbonyl (C=O) groups excluding carboxylic acids is 2. The molecule has 0 radical (unpaired) electrons. The van der Waals surface area contributed by atoms with E-state index in [4.69, 9.17) is 35.1 Å². The summed E-state index contributed by atoms with van der Waals surface area (Å²) in [5.41, 5.74) is 0. The van der Waals surface area contributed by atoms with E-state index >= 15 is 0 Å². The largest absolute Gasteiger partial charge is 1.00 e. The van der Waals surface area contributed by atoms with Crippen molar-refractivity contribution in [1.82, 2.24) is 0 Å². The third-order valence-electron chi connectivity index (χ3n) is 0.167. The molecule has 0 unspecified atom stereocenters. The zero-order valence-corrected chi connectivity index (χ0v) is 26.1. The van der Waals surface area contributed by atoms with Crippen LogP contribution in [0.5, 0.6) is 0 Å². The van der Waals surface area contributed by atoms with Crippen LogP contribution in [0.1, 0.15) is 0 Å². The van der Waals surface area contributed by atoms with Gasteiger partial charge in [-0.2, -0.15) is 0 Å². The molecule has 0 saturated carbocycles. The second kappa shape index (κ2) is 21.6. The molecule has 0 saturated heterocycles. The Morgan fingerprint density at radius 2 is 0.923 bits per heavy atom. The van der Waals surface area contributed by atoms with Gasteiger partial charge in [0.1, 0.15) is 0 Å². The van der Waals surface area contributed by atoms with Gasteiger partial charge in [-0.3, -0.25) is 0 Å². The fraction of sp³-hybridized carbons (Fsp3) is 0. The smallest absolute Gasteiger partial charge is 0.543 e. The molecule has 0 aromatic rings. The molecule has 0 aliphatic carbocycles. The van der Waals surface area contributed by atoms with Crippen molar-refractivity contribution in [3.8, 4) is 0 Å². The zero-order valence-electron chi connectivity index (χ0n) is 7.30. The third kappa shape index (κ3) is 48.4. The van der Waals surface area contributed by atoms with Crippen molar-refractivity contribution < 1.29 is 232 Å². The minimum Gasteiger partial charge on any atom is -0.543 e. The summed E-state index contributed by atoms with van der Waals surface area (Å²) in [6, 6.07) is 0. The normalized spacial score (nSPS) is 5.23. The summed E-state index contributed by atoms with van der Waals surface area (Å²) < 4.78 is 0. The molecular formula is C2Cs3NO7. The van der Waals surface area contributed by atoms with Crippen molar-refractivity contribution in [1.29, 1.82) is 0 Å². The maximum Gasteiger partial charge on any atom is 1.00 e. The fourth-order valence-corrected chi connectivity index (χ4v) is 0. The van der Waals surface area contributed by atoms with Crippen molar-refractivity contribution in [3.05, 3.63) is 15.3 Å². The Kier molecular flexibility index (Phi) is 50.4. The van der Waals surface area contributed by atoms with Crippen LogP contribution < -0.4 is 217 Å². The predicted octanol–water partition coefficient (Wildman–Crippen LogP) is -12.7. The minimum absolute atomic E-state index is 0. The second-order valence-electron chi connectivity index (χ2n) is 0.799. The van der Waals surface area contributed by atoms with E-state index in [0.717, 1.165) is 0 Å². The van der Waals surface area contributed by atoms with Crippen LogP contribution in [0.15, 0.2) is 0 Å². The third-order valence-corrected chi connectivity index (χ3v) is 0.167. The maximum absolute atomic E-state index is 8.93. The molecule has 0 spiro atoms. The van der Waals surface area contributed by atoms with E-state index in [1.54, 1.807) is 0 Å². The number of aliphatic carboxylic acids is 2. The number of hydrogen-bond acceptors (Lipinski definition) is 7. The molecule has 0 N–H and O–H groups in total. The number of nitrogens with zero attached hydrogens (tertiary/aromatic N) is 1. The van der Waals surface area contributed by atoms with Gasteiger partial charge in [-0.1, -0.05) is 0 Å². The molecule has 8 nitrogen and oxygen atoms in total. The number of carboxylic acid groups (broad SMARTS) is 2. The monoisotopic (exact) mass is 549 g/mol. The summed E-state index contributed by atoms with van der Waals surface area (Å²) in [6.45, 7) is 0. The van der Waals surface area contributed by atoms with Gasteiger partial charge in [0.25, 0.3) is 0 Å². The molecule has 11 heteroatoms. The first-order valence-electron chi connectivity index (χ1n) is 1.61. The van der Waals surface area contributed by atoms with Crippen molar-refractivity contribution in [2.75, 3.05) is 0 Å². The number of hydrogen-bond donors (Lipinski definition) is 0. The molecule has 0 aliphatic rings. The van der Waals surface area contributed by atoms with Crippen molar-refractivity contribution in [2.24, 2.45) is 0 Å². The Balaban J connectivity index is -0.0000000279. The molecule has 0 heterocycles. The first kappa shape index (κ1) is 30.4. The van der Waals surface area contributed by atoms with E-state index in [9.17, 15) is 0 Å². The van der Waals surface area contributed by atoms with Crippen molar-refractivity contribution in [2.45, 2.75) is 0 Å². The molecule has 0 fully saturated rings. The van der Waals surface area contributed by atoms with Crippen LogP contribution in [-0.2, 0) is 9.59 Å². The van der Waals surface area contributed by atoms with Crippen LogP contribution in [0.2, 0.25) is 0 Å². The van der Waals surface area contributed by atoms with Gasteiger partial charge in [0, 0.05) is 0 Å². The molecule has 0 rings (SSSR count). The Hall–Kier alpha value is 4.30. The van der Waals surface area contributed by atoms with Crippen LogP contribution >= 0.6 is 0 Å². The molecule has 0 aromatic heterocycles. The van der Waals surface area contributed by atoms with Gasteiger partial charge < -0.3 is 35.1 Å². The first-order chi connectivity index (χ1) is 4.37. The second-order valence-corrected chi connectivity index (χ2v) is 0.799. The summed E-state index contributed by atoms with van der Waals surface area (Å²) in [5.74, 6) is -4.37. The number of rotatable bonds is 0. The van der Waals surface area contributed by atoms with Gasteiger partial charge in [0.05, 0.1) is 17.0 Å². The number of carboxylic acids is 2. The van der Waals surface area contributed by atoms with Crippen molar-refractivity contribution >= 4 is 11.9 Å². The molecule has 0 amide bonds. The van der Waals surface area contributed by atoms with E-state index in [0.29, 0.717) is 0 Å². The summed E-state index contributed by atoms with van der Waals surface area (Å²) in [6.07, 6.45) is 0. The molecule has 58 valence electrons. The van der Waals surface area contributed by atoms with Gasteiger partial charge >= 0.3 is 207 Å². The molecule has 0 atom stereocenters. The quantitative estimate of drug-likeness (QED) is 0.166. The SMILES string of the molecule is O=C([O-])C(=O)[O-].O=[N+]([O-])[O-].[Cs+].[Cs+].[Cs+]. The first-order valence-corrected chi connectivity index (χ1v) is 1.61. The van der Waals surface area contributed by atoms with Gasteiger partial charge in [0.15, 0.2) is 0 Å². The average Bonchev–Trinajstić information content (AvgIpc) is 1.63. The van der Waals surface area contributed by atoms with Crippen molar-refractivity contribution in [3.63, 3.8) is 0 Å². The van der Waals surface area contributed by atoms with Crippen LogP contribution in [0.25, 0.3) is 0 Å². The van der Waals surface area contributed by atoms with E-state index in [1.807, 2.05) is 0 Å². The van der Waals surface area contributed by atoms with E-state index < -0.39 is 17.0 Å². The molecule has 13 heavy (non-hydrogen) atoms. The van der Waals surface area contributed by atoms with Crippen LogP contribution in [0.4, 0.5) is 0 Å². The summed E-state index contributed by atoms with van der Waals surface area (Å²) in [7, 11) is 0. The Bertz CT molecular complexity index is 144. The van der Waals surface area contributed by atoms with Gasteiger partial charge in [-0.05, 0) is 0 Å². The average molecular weight is 549 g/mol. The topological polar surface area (TPSA) is 146 Å². The van der Waals surface area contributed by atoms with Crippen LogP contribution in [-0.4, -0.2) is 17.0 Å². The molecule has 0 aromatic carbocycles. The summed E-state index contributed by atoms with van der Waals surface area (Å²) in [5, 5.41) is 32.6.